The van der Waals surface area contributed by atoms with E-state index < -0.39 is 11.7 Å². The van der Waals surface area contributed by atoms with Gasteiger partial charge in [-0.05, 0) is 37.3 Å². The standard InChI is InChI=1S/C20H28F3N3O2/c21-20(22,23)17-10-5-4-7-15(17)12-14-24-18(27)11-6-13-25-19(28)26-16-8-2-1-3-9-16/h4-5,7,10,16H,1-3,6,8-9,11-14H2,(H,24,27)(H2,25,26,28). The number of nitrogens with one attached hydrogen (secondary N) is 3. The summed E-state index contributed by atoms with van der Waals surface area (Å²) in [6.07, 6.45) is 1.91. The van der Waals surface area contributed by atoms with Gasteiger partial charge >= 0.3 is 12.2 Å². The molecule has 0 saturated heterocycles. The van der Waals surface area contributed by atoms with E-state index in [2.05, 4.69) is 16.0 Å². The van der Waals surface area contributed by atoms with Gasteiger partial charge < -0.3 is 16.0 Å². The van der Waals surface area contributed by atoms with Crippen LogP contribution in [0, 0.1) is 0 Å². The lowest BCUT2D eigenvalue weighted by Gasteiger charge is -2.22. The highest BCUT2D eigenvalue weighted by Gasteiger charge is 2.32. The third-order valence-corrected chi connectivity index (χ3v) is 4.85. The Morgan fingerprint density at radius 2 is 1.71 bits per heavy atom. The van der Waals surface area contributed by atoms with Crippen molar-refractivity contribution in [2.45, 2.75) is 63.6 Å². The molecule has 1 aromatic carbocycles. The minimum atomic E-state index is -4.40. The molecular formula is C20H28F3N3O2. The molecule has 0 aliphatic heterocycles. The van der Waals surface area contributed by atoms with Crippen LogP contribution in [0.3, 0.4) is 0 Å². The van der Waals surface area contributed by atoms with E-state index in [1.807, 2.05) is 0 Å². The van der Waals surface area contributed by atoms with E-state index in [1.54, 1.807) is 6.07 Å². The van der Waals surface area contributed by atoms with Crippen molar-refractivity contribution >= 4 is 11.9 Å². The monoisotopic (exact) mass is 399 g/mol. The van der Waals surface area contributed by atoms with Gasteiger partial charge in [0.25, 0.3) is 0 Å². The molecule has 0 atom stereocenters. The maximum absolute atomic E-state index is 12.9. The van der Waals surface area contributed by atoms with Gasteiger partial charge in [0.2, 0.25) is 5.91 Å². The van der Waals surface area contributed by atoms with E-state index in [-0.39, 0.29) is 42.9 Å². The largest absolute Gasteiger partial charge is 0.416 e. The first-order chi connectivity index (χ1) is 13.4. The molecule has 3 N–H and O–H groups in total. The second-order valence-electron chi connectivity index (χ2n) is 7.09. The molecule has 1 saturated carbocycles. The van der Waals surface area contributed by atoms with Crippen molar-refractivity contribution in [2.75, 3.05) is 13.1 Å². The molecule has 5 nitrogen and oxygen atoms in total. The number of carbonyl (C=O) groups excluding carboxylic acids is 2. The Labute approximate surface area is 163 Å². The van der Waals surface area contributed by atoms with Crippen LogP contribution in [-0.2, 0) is 17.4 Å². The van der Waals surface area contributed by atoms with Crippen LogP contribution >= 0.6 is 0 Å². The SMILES string of the molecule is O=C(CCCNC(=O)NC1CCCCC1)NCCc1ccccc1C(F)(F)F. The molecule has 28 heavy (non-hydrogen) atoms. The molecule has 1 aliphatic rings. The molecule has 1 aromatic rings. The van der Waals surface area contributed by atoms with Crippen molar-refractivity contribution in [3.8, 4) is 0 Å². The van der Waals surface area contributed by atoms with E-state index in [9.17, 15) is 22.8 Å². The first kappa shape index (κ1) is 22.0. The summed E-state index contributed by atoms with van der Waals surface area (Å²) in [5.41, 5.74) is -0.506. The Balaban J connectivity index is 1.59. The minimum absolute atomic E-state index is 0.115. The van der Waals surface area contributed by atoms with Crippen LogP contribution in [0.15, 0.2) is 24.3 Å². The lowest BCUT2D eigenvalue weighted by atomic mass is 9.96. The summed E-state index contributed by atoms with van der Waals surface area (Å²) < 4.78 is 38.8. The second kappa shape index (κ2) is 10.9. The Hall–Kier alpha value is -2.25. The topological polar surface area (TPSA) is 70.2 Å². The summed E-state index contributed by atoms with van der Waals surface area (Å²) in [4.78, 5) is 23.6. The molecule has 0 spiro atoms. The summed E-state index contributed by atoms with van der Waals surface area (Å²) in [5.74, 6) is -0.237. The minimum Gasteiger partial charge on any atom is -0.356 e. The fraction of sp³-hybridized carbons (Fsp3) is 0.600. The van der Waals surface area contributed by atoms with Crippen LogP contribution in [0.5, 0.6) is 0 Å². The number of halogens is 3. The molecule has 0 radical (unpaired) electrons. The van der Waals surface area contributed by atoms with Crippen LogP contribution in [0.1, 0.15) is 56.1 Å². The Kier molecular flexibility index (Phi) is 8.60. The Morgan fingerprint density at radius 3 is 2.43 bits per heavy atom. The van der Waals surface area contributed by atoms with Crippen molar-refractivity contribution in [1.82, 2.24) is 16.0 Å². The summed E-state index contributed by atoms with van der Waals surface area (Å²) in [6, 6.07) is 5.39. The third-order valence-electron chi connectivity index (χ3n) is 4.85. The number of urea groups is 1. The van der Waals surface area contributed by atoms with Gasteiger partial charge in [0.15, 0.2) is 0 Å². The van der Waals surface area contributed by atoms with Gasteiger partial charge in [-0.2, -0.15) is 13.2 Å². The van der Waals surface area contributed by atoms with Crippen molar-refractivity contribution in [3.05, 3.63) is 35.4 Å². The number of hydrogen-bond donors (Lipinski definition) is 3. The van der Waals surface area contributed by atoms with Crippen LogP contribution in [0.4, 0.5) is 18.0 Å². The Bertz CT molecular complexity index is 644. The molecule has 0 unspecified atom stereocenters. The summed E-state index contributed by atoms with van der Waals surface area (Å²) >= 11 is 0. The first-order valence-corrected chi connectivity index (χ1v) is 9.82. The van der Waals surface area contributed by atoms with E-state index in [1.165, 1.54) is 18.6 Å². The van der Waals surface area contributed by atoms with Gasteiger partial charge in [-0.15, -0.1) is 0 Å². The zero-order valence-electron chi connectivity index (χ0n) is 15.9. The highest BCUT2D eigenvalue weighted by Crippen LogP contribution is 2.31. The number of carbonyl (C=O) groups is 2. The number of alkyl halides is 3. The lowest BCUT2D eigenvalue weighted by molar-refractivity contribution is -0.138. The van der Waals surface area contributed by atoms with Gasteiger partial charge in [0, 0.05) is 25.6 Å². The predicted molar refractivity (Wildman–Crippen MR) is 101 cm³/mol. The quantitative estimate of drug-likeness (QED) is 0.583. The maximum atomic E-state index is 12.9. The average Bonchev–Trinajstić information content (AvgIpc) is 2.66. The van der Waals surface area contributed by atoms with Crippen molar-refractivity contribution < 1.29 is 22.8 Å². The van der Waals surface area contributed by atoms with E-state index in [4.69, 9.17) is 0 Å². The Morgan fingerprint density at radius 1 is 1.00 bits per heavy atom. The normalized spacial score (nSPS) is 15.1. The number of amides is 3. The zero-order chi connectivity index (χ0) is 20.4. The van der Waals surface area contributed by atoms with Crippen molar-refractivity contribution in [1.29, 1.82) is 0 Å². The van der Waals surface area contributed by atoms with Crippen LogP contribution in [0.25, 0.3) is 0 Å². The highest BCUT2D eigenvalue weighted by atomic mass is 19.4. The average molecular weight is 399 g/mol. The molecule has 0 aromatic heterocycles. The van der Waals surface area contributed by atoms with Gasteiger partial charge in [0.05, 0.1) is 5.56 Å². The summed E-state index contributed by atoms with van der Waals surface area (Å²) in [6.45, 7) is 0.518. The molecule has 0 bridgehead atoms. The number of benzene rings is 1. The van der Waals surface area contributed by atoms with Gasteiger partial charge in [-0.1, -0.05) is 37.5 Å². The van der Waals surface area contributed by atoms with E-state index in [0.29, 0.717) is 13.0 Å². The lowest BCUT2D eigenvalue weighted by Crippen LogP contribution is -2.43. The fourth-order valence-electron chi connectivity index (χ4n) is 3.37. The van der Waals surface area contributed by atoms with E-state index >= 15 is 0 Å². The van der Waals surface area contributed by atoms with Crippen molar-refractivity contribution in [3.63, 3.8) is 0 Å². The second-order valence-corrected chi connectivity index (χ2v) is 7.09. The van der Waals surface area contributed by atoms with E-state index in [0.717, 1.165) is 31.7 Å². The summed E-state index contributed by atoms with van der Waals surface area (Å²) in [7, 11) is 0. The third kappa shape index (κ3) is 7.78. The first-order valence-electron chi connectivity index (χ1n) is 9.82. The molecular weight excluding hydrogens is 371 g/mol. The maximum Gasteiger partial charge on any atom is 0.416 e. The van der Waals surface area contributed by atoms with Crippen LogP contribution in [0.2, 0.25) is 0 Å². The zero-order valence-corrected chi connectivity index (χ0v) is 15.9. The van der Waals surface area contributed by atoms with Crippen LogP contribution in [-0.4, -0.2) is 31.1 Å². The molecule has 8 heteroatoms. The summed E-state index contributed by atoms with van der Waals surface area (Å²) in [5, 5.41) is 8.30. The number of hydrogen-bond acceptors (Lipinski definition) is 2. The van der Waals surface area contributed by atoms with Gasteiger partial charge in [0.1, 0.15) is 0 Å². The highest BCUT2D eigenvalue weighted by molar-refractivity contribution is 5.76. The smallest absolute Gasteiger partial charge is 0.356 e. The number of rotatable bonds is 8. The molecule has 2 rings (SSSR count). The van der Waals surface area contributed by atoms with Gasteiger partial charge in [-0.25, -0.2) is 4.79 Å². The molecule has 3 amide bonds. The van der Waals surface area contributed by atoms with Crippen molar-refractivity contribution in [2.24, 2.45) is 0 Å². The molecule has 0 heterocycles. The molecule has 156 valence electrons. The fourth-order valence-corrected chi connectivity index (χ4v) is 3.37. The van der Waals surface area contributed by atoms with Crippen LogP contribution < -0.4 is 16.0 Å². The molecule has 1 aliphatic carbocycles. The molecule has 1 fully saturated rings. The van der Waals surface area contributed by atoms with Gasteiger partial charge in [-0.3, -0.25) is 4.79 Å². The predicted octanol–water partition coefficient (Wildman–Crippen LogP) is 3.78.